The summed E-state index contributed by atoms with van der Waals surface area (Å²) in [6.07, 6.45) is 13.1. The molecule has 0 spiro atoms. The van der Waals surface area contributed by atoms with Crippen molar-refractivity contribution in [3.63, 3.8) is 0 Å². The second-order valence-electron chi connectivity index (χ2n) is 9.11. The van der Waals surface area contributed by atoms with Gasteiger partial charge in [-0.2, -0.15) is 9.61 Å². The van der Waals surface area contributed by atoms with Crippen LogP contribution in [0, 0.1) is 5.82 Å². The van der Waals surface area contributed by atoms with Gasteiger partial charge in [0.05, 0.1) is 5.69 Å². The highest BCUT2D eigenvalue weighted by atomic mass is 35.5. The summed E-state index contributed by atoms with van der Waals surface area (Å²) in [7, 11) is -1.94. The Morgan fingerprint density at radius 3 is 2.59 bits per heavy atom. The Kier molecular flexibility index (Phi) is 7.32. The topological polar surface area (TPSA) is 88.4 Å². The van der Waals surface area contributed by atoms with E-state index in [-0.39, 0.29) is 11.4 Å². The van der Waals surface area contributed by atoms with E-state index >= 15 is 0 Å². The van der Waals surface area contributed by atoms with Crippen LogP contribution in [-0.2, 0) is 10.0 Å². The molecule has 0 unspecified atom stereocenters. The summed E-state index contributed by atoms with van der Waals surface area (Å²) in [5.74, 6) is 0.0528. The Morgan fingerprint density at radius 1 is 1.11 bits per heavy atom. The van der Waals surface area contributed by atoms with E-state index in [1.807, 2.05) is 32.1 Å². The van der Waals surface area contributed by atoms with Crippen molar-refractivity contribution in [2.45, 2.75) is 30.6 Å². The van der Waals surface area contributed by atoms with Crippen molar-refractivity contribution in [3.8, 4) is 0 Å². The molecule has 0 fully saturated rings. The zero-order chi connectivity index (χ0) is 26.0. The van der Waals surface area contributed by atoms with E-state index in [0.717, 1.165) is 64.1 Å². The van der Waals surface area contributed by atoms with Crippen molar-refractivity contribution in [1.82, 2.24) is 19.3 Å². The van der Waals surface area contributed by atoms with Crippen molar-refractivity contribution in [2.75, 3.05) is 18.4 Å². The van der Waals surface area contributed by atoms with E-state index in [9.17, 15) is 12.8 Å². The zero-order valence-corrected chi connectivity index (χ0v) is 21.9. The Labute approximate surface area is 221 Å². The van der Waals surface area contributed by atoms with Crippen LogP contribution >= 0.6 is 11.6 Å². The van der Waals surface area contributed by atoms with E-state index in [2.05, 4.69) is 21.2 Å². The number of benzene rings is 1. The SMILES string of the molecule is Bc1cnn2c(NCC3=CC=C(CNS(=O)(=O)c4ccccc4F)CC3)cc(C3=C(Cl)CCC=C3)nc12. The minimum atomic E-state index is -3.92. The molecule has 0 saturated carbocycles. The number of rotatable bonds is 8. The van der Waals surface area contributed by atoms with E-state index in [1.165, 1.54) is 23.8 Å². The molecule has 0 amide bonds. The first-order valence-electron chi connectivity index (χ1n) is 12.1. The number of sulfonamides is 1. The second kappa shape index (κ2) is 10.6. The quantitative estimate of drug-likeness (QED) is 0.430. The molecule has 2 N–H and O–H groups in total. The van der Waals surface area contributed by atoms with Crippen LogP contribution in [0.25, 0.3) is 11.2 Å². The Bertz CT molecular complexity index is 1590. The van der Waals surface area contributed by atoms with Gasteiger partial charge in [0, 0.05) is 36.0 Å². The van der Waals surface area contributed by atoms with Gasteiger partial charge >= 0.3 is 0 Å². The predicted molar refractivity (Wildman–Crippen MR) is 148 cm³/mol. The lowest BCUT2D eigenvalue weighted by atomic mass is 9.98. The van der Waals surface area contributed by atoms with Crippen molar-refractivity contribution in [3.05, 3.63) is 88.5 Å². The molecule has 0 radical (unpaired) electrons. The second-order valence-corrected chi connectivity index (χ2v) is 11.3. The van der Waals surface area contributed by atoms with Crippen LogP contribution < -0.4 is 15.5 Å². The van der Waals surface area contributed by atoms with Gasteiger partial charge in [-0.25, -0.2) is 22.5 Å². The summed E-state index contributed by atoms with van der Waals surface area (Å²) in [4.78, 5) is 4.46. The number of fused-ring (bicyclic) bond motifs is 1. The smallest absolute Gasteiger partial charge is 0.243 e. The molecular weight excluding hydrogens is 512 g/mol. The molecule has 5 rings (SSSR count). The van der Waals surface area contributed by atoms with Gasteiger partial charge in [0.25, 0.3) is 0 Å². The molecule has 1 aromatic carbocycles. The van der Waals surface area contributed by atoms with E-state index < -0.39 is 15.8 Å². The highest BCUT2D eigenvalue weighted by Crippen LogP contribution is 2.30. The van der Waals surface area contributed by atoms with Crippen molar-refractivity contribution < 1.29 is 12.8 Å². The number of halogens is 2. The van der Waals surface area contributed by atoms with Crippen LogP contribution in [0.5, 0.6) is 0 Å². The maximum atomic E-state index is 13.9. The zero-order valence-electron chi connectivity index (χ0n) is 20.3. The number of anilines is 1. The van der Waals surface area contributed by atoms with Gasteiger partial charge in [0.1, 0.15) is 24.4 Å². The number of hydrogen-bond acceptors (Lipinski definition) is 5. The Hall–Kier alpha value is -3.21. The van der Waals surface area contributed by atoms with Gasteiger partial charge in [-0.15, -0.1) is 0 Å². The monoisotopic (exact) mass is 537 g/mol. The Morgan fingerprint density at radius 2 is 1.86 bits per heavy atom. The lowest BCUT2D eigenvalue weighted by Crippen LogP contribution is -2.27. The number of hydrogen-bond donors (Lipinski definition) is 2. The molecular formula is C26H26BClFN5O2S. The standard InChI is InChI=1S/C26H26BClFN5O2S/c27-20-16-31-34-25(13-23(33-26(20)34)19-5-1-2-6-21(19)28)30-14-17-9-11-18(12-10-17)15-32-37(35,36)24-8-4-3-7-22(24)29/h1,3-5,7-9,11,13,16,30,32H,2,6,10,12,14-15,27H2. The molecule has 0 aliphatic heterocycles. The Balaban J connectivity index is 1.29. The van der Waals surface area contributed by atoms with Crippen molar-refractivity contribution >= 4 is 52.0 Å². The first kappa shape index (κ1) is 25.4. The third-order valence-corrected chi connectivity index (χ3v) is 8.29. The number of nitrogens with one attached hydrogen (secondary N) is 2. The molecule has 2 aliphatic carbocycles. The normalized spacial score (nSPS) is 16.2. The average molecular weight is 538 g/mol. The highest BCUT2D eigenvalue weighted by Gasteiger charge is 2.19. The van der Waals surface area contributed by atoms with Crippen LogP contribution in [0.2, 0.25) is 0 Å². The first-order valence-corrected chi connectivity index (χ1v) is 13.9. The van der Waals surface area contributed by atoms with Crippen LogP contribution in [-0.4, -0.2) is 44.0 Å². The van der Waals surface area contributed by atoms with Crippen LogP contribution in [0.1, 0.15) is 31.4 Å². The number of nitrogens with zero attached hydrogens (tertiary/aromatic N) is 3. The summed E-state index contributed by atoms with van der Waals surface area (Å²) in [6.45, 7) is 0.739. The van der Waals surface area contributed by atoms with Crippen LogP contribution in [0.4, 0.5) is 10.2 Å². The molecule has 0 atom stereocenters. The third kappa shape index (κ3) is 5.56. The lowest BCUT2D eigenvalue weighted by Gasteiger charge is -2.18. The maximum Gasteiger partial charge on any atom is 0.243 e. The van der Waals surface area contributed by atoms with Crippen molar-refractivity contribution in [1.29, 1.82) is 0 Å². The average Bonchev–Trinajstić information content (AvgIpc) is 3.28. The van der Waals surface area contributed by atoms with Gasteiger partial charge in [-0.05, 0) is 43.3 Å². The molecule has 11 heteroatoms. The first-order chi connectivity index (χ1) is 17.8. The molecule has 2 aliphatic rings. The van der Waals surface area contributed by atoms with Crippen LogP contribution in [0.3, 0.4) is 0 Å². The van der Waals surface area contributed by atoms with Crippen LogP contribution in [0.15, 0.2) is 81.9 Å². The summed E-state index contributed by atoms with van der Waals surface area (Å²) in [6, 6.07) is 7.32. The maximum absolute atomic E-state index is 13.9. The largest absolute Gasteiger partial charge is 0.366 e. The molecule has 2 aromatic heterocycles. The minimum Gasteiger partial charge on any atom is -0.366 e. The fourth-order valence-corrected chi connectivity index (χ4v) is 5.73. The van der Waals surface area contributed by atoms with Gasteiger partial charge in [0.15, 0.2) is 5.65 Å². The predicted octanol–water partition coefficient (Wildman–Crippen LogP) is 3.46. The molecule has 0 bridgehead atoms. The molecule has 190 valence electrons. The minimum absolute atomic E-state index is 0.137. The fourth-order valence-electron chi connectivity index (χ4n) is 4.35. The number of aromatic nitrogens is 3. The molecule has 3 aromatic rings. The van der Waals surface area contributed by atoms with Crippen molar-refractivity contribution in [2.24, 2.45) is 0 Å². The van der Waals surface area contributed by atoms with Gasteiger partial charge in [-0.3, -0.25) is 0 Å². The summed E-state index contributed by atoms with van der Waals surface area (Å²) < 4.78 is 43.1. The summed E-state index contributed by atoms with van der Waals surface area (Å²) in [5, 5.41) is 8.77. The highest BCUT2D eigenvalue weighted by molar-refractivity contribution is 7.89. The molecule has 37 heavy (non-hydrogen) atoms. The molecule has 7 nitrogen and oxygen atoms in total. The lowest BCUT2D eigenvalue weighted by molar-refractivity contribution is 0.558. The van der Waals surface area contributed by atoms with Gasteiger partial charge < -0.3 is 5.32 Å². The fraction of sp³-hybridized carbons (Fsp3) is 0.231. The summed E-state index contributed by atoms with van der Waals surface area (Å²) >= 11 is 6.51. The number of allylic oxidation sites excluding steroid dienone is 6. The summed E-state index contributed by atoms with van der Waals surface area (Å²) in [5.41, 5.74) is 5.60. The van der Waals surface area contributed by atoms with E-state index in [1.54, 1.807) is 10.7 Å². The third-order valence-electron chi connectivity index (χ3n) is 6.47. The molecule has 2 heterocycles. The van der Waals surface area contributed by atoms with Gasteiger partial charge in [0.2, 0.25) is 10.0 Å². The van der Waals surface area contributed by atoms with E-state index in [4.69, 9.17) is 16.6 Å². The van der Waals surface area contributed by atoms with E-state index in [0.29, 0.717) is 13.0 Å². The van der Waals surface area contributed by atoms with Gasteiger partial charge in [-0.1, -0.05) is 59.2 Å². The molecule has 0 saturated heterocycles.